The second kappa shape index (κ2) is 8.87. The van der Waals surface area contributed by atoms with Crippen LogP contribution in [-0.4, -0.2) is 51.5 Å². The first kappa shape index (κ1) is 11.8. The molecule has 0 bridgehead atoms. The van der Waals surface area contributed by atoms with Crippen molar-refractivity contribution < 1.29 is 8.78 Å². The Labute approximate surface area is 72.9 Å². The number of hydrogen-bond acceptors (Lipinski definition) is 2. The Morgan fingerprint density at radius 1 is 1.08 bits per heavy atom. The predicted octanol–water partition coefficient (Wildman–Crippen LogP) is 0.837. The molecule has 0 aliphatic heterocycles. The van der Waals surface area contributed by atoms with Crippen molar-refractivity contribution in [2.45, 2.75) is 6.42 Å². The molecule has 0 aliphatic carbocycles. The third-order valence-corrected chi connectivity index (χ3v) is 1.62. The standard InChI is InChI=1S/C8H18F2N2/c1-12(7-4-10)8-6-11-5-2-3-9/h11H,2-8H2,1H3. The van der Waals surface area contributed by atoms with E-state index in [1.54, 1.807) is 0 Å². The minimum atomic E-state index is -0.305. The van der Waals surface area contributed by atoms with Crippen LogP contribution in [0.15, 0.2) is 0 Å². The third-order valence-electron chi connectivity index (χ3n) is 1.62. The van der Waals surface area contributed by atoms with E-state index in [0.717, 1.165) is 13.1 Å². The van der Waals surface area contributed by atoms with Crippen LogP contribution in [0, 0.1) is 0 Å². The molecule has 0 radical (unpaired) electrons. The normalized spacial score (nSPS) is 11.0. The van der Waals surface area contributed by atoms with Crippen molar-refractivity contribution in [3.63, 3.8) is 0 Å². The lowest BCUT2D eigenvalue weighted by Crippen LogP contribution is -2.31. The summed E-state index contributed by atoms with van der Waals surface area (Å²) < 4.78 is 23.4. The Hall–Kier alpha value is -0.220. The minimum Gasteiger partial charge on any atom is -0.315 e. The van der Waals surface area contributed by atoms with Gasteiger partial charge in [-0.3, -0.25) is 4.39 Å². The molecule has 0 rings (SSSR count). The van der Waals surface area contributed by atoms with Crippen LogP contribution >= 0.6 is 0 Å². The Morgan fingerprint density at radius 3 is 2.42 bits per heavy atom. The molecule has 12 heavy (non-hydrogen) atoms. The largest absolute Gasteiger partial charge is 0.315 e. The average molecular weight is 180 g/mol. The van der Waals surface area contributed by atoms with Crippen molar-refractivity contribution in [3.8, 4) is 0 Å². The molecular formula is C8H18F2N2. The van der Waals surface area contributed by atoms with Crippen LogP contribution < -0.4 is 5.32 Å². The number of nitrogens with zero attached hydrogens (tertiary/aromatic N) is 1. The summed E-state index contributed by atoms with van der Waals surface area (Å²) in [5, 5.41) is 3.07. The van der Waals surface area contributed by atoms with Crippen LogP contribution in [-0.2, 0) is 0 Å². The highest BCUT2D eigenvalue weighted by Gasteiger charge is 1.95. The monoisotopic (exact) mass is 180 g/mol. The highest BCUT2D eigenvalue weighted by Crippen LogP contribution is 1.81. The van der Waals surface area contributed by atoms with E-state index in [4.69, 9.17) is 0 Å². The lowest BCUT2D eigenvalue weighted by Gasteiger charge is -2.14. The van der Waals surface area contributed by atoms with E-state index < -0.39 is 0 Å². The number of likely N-dealkylation sites (N-methyl/N-ethyl adjacent to an activating group) is 1. The van der Waals surface area contributed by atoms with Gasteiger partial charge in [-0.05, 0) is 20.0 Å². The van der Waals surface area contributed by atoms with Crippen LogP contribution in [0.4, 0.5) is 8.78 Å². The molecule has 2 nitrogen and oxygen atoms in total. The number of halogens is 2. The van der Waals surface area contributed by atoms with Gasteiger partial charge in [0.25, 0.3) is 0 Å². The van der Waals surface area contributed by atoms with E-state index in [9.17, 15) is 8.78 Å². The number of alkyl halides is 2. The fourth-order valence-corrected chi connectivity index (χ4v) is 0.843. The molecule has 0 saturated carbocycles. The van der Waals surface area contributed by atoms with E-state index in [2.05, 4.69) is 5.32 Å². The minimum absolute atomic E-state index is 0.271. The van der Waals surface area contributed by atoms with Crippen molar-refractivity contribution in [1.82, 2.24) is 10.2 Å². The van der Waals surface area contributed by atoms with Gasteiger partial charge in [0.2, 0.25) is 0 Å². The molecule has 0 saturated heterocycles. The van der Waals surface area contributed by atoms with Gasteiger partial charge < -0.3 is 10.2 Å². The molecule has 0 aromatic rings. The molecule has 0 aromatic carbocycles. The second-order valence-corrected chi connectivity index (χ2v) is 2.78. The zero-order chi connectivity index (χ0) is 9.23. The molecule has 0 spiro atoms. The van der Waals surface area contributed by atoms with Gasteiger partial charge in [-0.1, -0.05) is 0 Å². The van der Waals surface area contributed by atoms with E-state index in [0.29, 0.717) is 19.5 Å². The Kier molecular flexibility index (Phi) is 8.71. The highest BCUT2D eigenvalue weighted by molar-refractivity contribution is 4.53. The second-order valence-electron chi connectivity index (χ2n) is 2.78. The first-order valence-electron chi connectivity index (χ1n) is 4.32. The number of hydrogen-bond donors (Lipinski definition) is 1. The van der Waals surface area contributed by atoms with Crippen molar-refractivity contribution in [3.05, 3.63) is 0 Å². The molecule has 0 heterocycles. The fourth-order valence-electron chi connectivity index (χ4n) is 0.843. The smallest absolute Gasteiger partial charge is 0.102 e. The molecule has 0 unspecified atom stereocenters. The fraction of sp³-hybridized carbons (Fsp3) is 1.00. The van der Waals surface area contributed by atoms with Gasteiger partial charge in [-0.25, -0.2) is 4.39 Å². The molecule has 0 aromatic heterocycles. The van der Waals surface area contributed by atoms with Gasteiger partial charge in [0, 0.05) is 19.6 Å². The lowest BCUT2D eigenvalue weighted by molar-refractivity contribution is 0.293. The molecule has 74 valence electrons. The first-order chi connectivity index (χ1) is 5.81. The zero-order valence-electron chi connectivity index (χ0n) is 7.65. The van der Waals surface area contributed by atoms with E-state index in [1.165, 1.54) is 0 Å². The summed E-state index contributed by atoms with van der Waals surface area (Å²) >= 11 is 0. The van der Waals surface area contributed by atoms with E-state index in [-0.39, 0.29) is 13.3 Å². The maximum absolute atomic E-state index is 11.8. The quantitative estimate of drug-likeness (QED) is 0.557. The van der Waals surface area contributed by atoms with Crippen LogP contribution in [0.5, 0.6) is 0 Å². The van der Waals surface area contributed by atoms with Crippen molar-refractivity contribution in [1.29, 1.82) is 0 Å². The molecule has 0 fully saturated rings. The summed E-state index contributed by atoms with van der Waals surface area (Å²) in [6.45, 7) is 2.23. The molecule has 0 atom stereocenters. The third kappa shape index (κ3) is 7.88. The van der Waals surface area contributed by atoms with Gasteiger partial charge in [0.05, 0.1) is 6.67 Å². The highest BCUT2D eigenvalue weighted by atomic mass is 19.1. The molecule has 1 N–H and O–H groups in total. The Morgan fingerprint density at radius 2 is 1.83 bits per heavy atom. The lowest BCUT2D eigenvalue weighted by atomic mass is 10.4. The van der Waals surface area contributed by atoms with Crippen LogP contribution in [0.2, 0.25) is 0 Å². The van der Waals surface area contributed by atoms with Crippen molar-refractivity contribution >= 4 is 0 Å². The SMILES string of the molecule is CN(CCF)CCNCCCF. The van der Waals surface area contributed by atoms with Crippen molar-refractivity contribution in [2.24, 2.45) is 0 Å². The maximum Gasteiger partial charge on any atom is 0.102 e. The molecule has 0 aliphatic rings. The maximum atomic E-state index is 11.8. The van der Waals surface area contributed by atoms with Crippen molar-refractivity contribution in [2.75, 3.05) is 46.6 Å². The summed E-state index contributed by atoms with van der Waals surface area (Å²) in [4.78, 5) is 1.91. The molecular weight excluding hydrogens is 162 g/mol. The predicted molar refractivity (Wildman–Crippen MR) is 46.9 cm³/mol. The molecule has 4 heteroatoms. The average Bonchev–Trinajstić information content (AvgIpc) is 2.05. The van der Waals surface area contributed by atoms with Crippen LogP contribution in [0.3, 0.4) is 0 Å². The van der Waals surface area contributed by atoms with Gasteiger partial charge in [-0.15, -0.1) is 0 Å². The van der Waals surface area contributed by atoms with Gasteiger partial charge >= 0.3 is 0 Å². The van der Waals surface area contributed by atoms with E-state index in [1.807, 2.05) is 11.9 Å². The number of rotatable bonds is 8. The zero-order valence-corrected chi connectivity index (χ0v) is 7.65. The summed E-state index contributed by atoms with van der Waals surface area (Å²) in [6.07, 6.45) is 0.562. The summed E-state index contributed by atoms with van der Waals surface area (Å²) in [5.41, 5.74) is 0. The first-order valence-corrected chi connectivity index (χ1v) is 4.32. The van der Waals surface area contributed by atoms with E-state index >= 15 is 0 Å². The van der Waals surface area contributed by atoms with Crippen LogP contribution in [0.25, 0.3) is 0 Å². The topological polar surface area (TPSA) is 15.3 Å². The summed E-state index contributed by atoms with van der Waals surface area (Å²) in [7, 11) is 1.87. The molecule has 0 amide bonds. The Bertz CT molecular complexity index is 91.1. The summed E-state index contributed by atoms with van der Waals surface area (Å²) in [5.74, 6) is 0. The van der Waals surface area contributed by atoms with Crippen LogP contribution in [0.1, 0.15) is 6.42 Å². The van der Waals surface area contributed by atoms with Gasteiger partial charge in [-0.2, -0.15) is 0 Å². The van der Waals surface area contributed by atoms with Gasteiger partial charge in [0.15, 0.2) is 0 Å². The van der Waals surface area contributed by atoms with Gasteiger partial charge in [0.1, 0.15) is 6.67 Å². The Balaban J connectivity index is 2.97. The summed E-state index contributed by atoms with van der Waals surface area (Å²) in [6, 6.07) is 0. The number of nitrogens with one attached hydrogen (secondary N) is 1.